The summed E-state index contributed by atoms with van der Waals surface area (Å²) in [5.74, 6) is 0.889. The second kappa shape index (κ2) is 10.9. The molecule has 2 aromatic rings. The number of rotatable bonds is 10. The highest BCUT2D eigenvalue weighted by Crippen LogP contribution is 2.20. The Balaban J connectivity index is 1.39. The van der Waals surface area contributed by atoms with Crippen LogP contribution in [-0.2, 0) is 10.0 Å². The quantitative estimate of drug-likeness (QED) is 0.564. The molecule has 1 aliphatic heterocycles. The zero-order chi connectivity index (χ0) is 22.3. The fourth-order valence-electron chi connectivity index (χ4n) is 3.49. The minimum Gasteiger partial charge on any atom is -0.493 e. The number of nitrogens with zero attached hydrogens (tertiary/aromatic N) is 2. The van der Waals surface area contributed by atoms with E-state index < -0.39 is 10.0 Å². The molecule has 1 aliphatic rings. The van der Waals surface area contributed by atoms with E-state index in [2.05, 4.69) is 28.4 Å². The van der Waals surface area contributed by atoms with Crippen molar-refractivity contribution in [2.75, 3.05) is 50.8 Å². The smallest absolute Gasteiger partial charge is 0.240 e. The number of nitrogens with one attached hydrogen (secondary N) is 1. The van der Waals surface area contributed by atoms with E-state index in [0.29, 0.717) is 36.9 Å². The number of piperazine rings is 1. The fourth-order valence-corrected chi connectivity index (χ4v) is 4.57. The predicted octanol–water partition coefficient (Wildman–Crippen LogP) is 3.35. The Bertz CT molecular complexity index is 927. The van der Waals surface area contributed by atoms with E-state index in [9.17, 15) is 12.8 Å². The Hall–Kier alpha value is -2.16. The van der Waals surface area contributed by atoms with Gasteiger partial charge in [0.15, 0.2) is 0 Å². The zero-order valence-corrected chi connectivity index (χ0v) is 19.1. The van der Waals surface area contributed by atoms with Crippen molar-refractivity contribution in [3.05, 3.63) is 54.3 Å². The van der Waals surface area contributed by atoms with Crippen molar-refractivity contribution >= 4 is 15.7 Å². The lowest BCUT2D eigenvalue weighted by Gasteiger charge is -2.36. The first-order valence-electron chi connectivity index (χ1n) is 10.8. The molecule has 31 heavy (non-hydrogen) atoms. The molecule has 0 aromatic heterocycles. The molecule has 0 unspecified atom stereocenters. The number of anilines is 1. The average molecular weight is 450 g/mol. The predicted molar refractivity (Wildman–Crippen MR) is 122 cm³/mol. The molecular formula is C23H32FN3O3S. The number of sulfonamides is 1. The number of hydrogen-bond acceptors (Lipinski definition) is 5. The third-order valence-electron chi connectivity index (χ3n) is 5.23. The van der Waals surface area contributed by atoms with E-state index in [1.54, 1.807) is 30.3 Å². The molecule has 3 rings (SSSR count). The molecule has 1 heterocycles. The van der Waals surface area contributed by atoms with E-state index in [1.807, 2.05) is 12.1 Å². The number of benzene rings is 2. The van der Waals surface area contributed by atoms with Crippen LogP contribution >= 0.6 is 0 Å². The van der Waals surface area contributed by atoms with Gasteiger partial charge in [-0.1, -0.05) is 26.0 Å². The molecule has 0 radical (unpaired) electrons. The maximum atomic E-state index is 13.9. The van der Waals surface area contributed by atoms with Crippen LogP contribution in [0.15, 0.2) is 53.4 Å². The van der Waals surface area contributed by atoms with Gasteiger partial charge in [0.1, 0.15) is 11.6 Å². The highest BCUT2D eigenvalue weighted by Gasteiger charge is 2.19. The Morgan fingerprint density at radius 2 is 1.71 bits per heavy atom. The summed E-state index contributed by atoms with van der Waals surface area (Å²) in [7, 11) is -3.53. The van der Waals surface area contributed by atoms with Gasteiger partial charge in [-0.05, 0) is 55.3 Å². The number of ether oxygens (including phenoxy) is 1. The van der Waals surface area contributed by atoms with Crippen molar-refractivity contribution in [1.29, 1.82) is 0 Å². The van der Waals surface area contributed by atoms with E-state index >= 15 is 0 Å². The molecule has 170 valence electrons. The van der Waals surface area contributed by atoms with Crippen molar-refractivity contribution in [2.24, 2.45) is 5.92 Å². The molecule has 0 aliphatic carbocycles. The molecular weight excluding hydrogens is 417 g/mol. The first kappa shape index (κ1) is 23.5. The SMILES string of the molecule is CC(C)COc1ccc(S(=O)(=O)NCCCN2CCN(c3ccccc3F)CC2)cc1. The van der Waals surface area contributed by atoms with Gasteiger partial charge in [-0.2, -0.15) is 0 Å². The van der Waals surface area contributed by atoms with E-state index in [4.69, 9.17) is 4.74 Å². The lowest BCUT2D eigenvalue weighted by molar-refractivity contribution is 0.255. The maximum Gasteiger partial charge on any atom is 0.240 e. The molecule has 1 N–H and O–H groups in total. The monoisotopic (exact) mass is 449 g/mol. The Kier molecular flexibility index (Phi) is 8.28. The number of hydrogen-bond donors (Lipinski definition) is 1. The summed E-state index contributed by atoms with van der Waals surface area (Å²) in [6.45, 7) is 9.08. The summed E-state index contributed by atoms with van der Waals surface area (Å²) >= 11 is 0. The van der Waals surface area contributed by atoms with Crippen molar-refractivity contribution in [3.63, 3.8) is 0 Å². The topological polar surface area (TPSA) is 61.9 Å². The normalized spacial score (nSPS) is 15.4. The van der Waals surface area contributed by atoms with Gasteiger partial charge < -0.3 is 9.64 Å². The Morgan fingerprint density at radius 1 is 1.03 bits per heavy atom. The van der Waals surface area contributed by atoms with Crippen LogP contribution in [0.1, 0.15) is 20.3 Å². The Labute approximate surface area is 185 Å². The van der Waals surface area contributed by atoms with Gasteiger partial charge in [0.05, 0.1) is 17.2 Å². The van der Waals surface area contributed by atoms with Crippen LogP contribution in [-0.4, -0.2) is 59.2 Å². The molecule has 0 amide bonds. The van der Waals surface area contributed by atoms with Crippen molar-refractivity contribution in [1.82, 2.24) is 9.62 Å². The van der Waals surface area contributed by atoms with Crippen LogP contribution in [0.5, 0.6) is 5.75 Å². The Morgan fingerprint density at radius 3 is 2.35 bits per heavy atom. The minimum atomic E-state index is -3.53. The fraction of sp³-hybridized carbons (Fsp3) is 0.478. The standard InChI is InChI=1S/C23H32FN3O3S/c1-19(2)18-30-20-8-10-21(11-9-20)31(28,29)25-12-5-13-26-14-16-27(17-15-26)23-7-4-3-6-22(23)24/h3-4,6-11,19,25H,5,12-18H2,1-2H3. The first-order valence-corrected chi connectivity index (χ1v) is 12.3. The van der Waals surface area contributed by atoms with E-state index in [1.165, 1.54) is 6.07 Å². The third-order valence-corrected chi connectivity index (χ3v) is 6.70. The van der Waals surface area contributed by atoms with Crippen molar-refractivity contribution in [3.8, 4) is 5.75 Å². The van der Waals surface area contributed by atoms with Crippen LogP contribution in [0.3, 0.4) is 0 Å². The van der Waals surface area contributed by atoms with Crippen molar-refractivity contribution < 1.29 is 17.5 Å². The molecule has 6 nitrogen and oxygen atoms in total. The summed E-state index contributed by atoms with van der Waals surface area (Å²) in [5, 5.41) is 0. The molecule has 2 aromatic carbocycles. The molecule has 1 saturated heterocycles. The summed E-state index contributed by atoms with van der Waals surface area (Å²) in [5.41, 5.74) is 0.649. The lowest BCUT2D eigenvalue weighted by atomic mass is 10.2. The van der Waals surface area contributed by atoms with Gasteiger partial charge in [-0.3, -0.25) is 4.90 Å². The number of para-hydroxylation sites is 1. The minimum absolute atomic E-state index is 0.190. The number of halogens is 1. The largest absolute Gasteiger partial charge is 0.493 e. The lowest BCUT2D eigenvalue weighted by Crippen LogP contribution is -2.47. The average Bonchev–Trinajstić information content (AvgIpc) is 2.76. The molecule has 1 fully saturated rings. The van der Waals surface area contributed by atoms with Gasteiger partial charge in [-0.25, -0.2) is 17.5 Å². The molecule has 0 atom stereocenters. The summed E-state index contributed by atoms with van der Waals surface area (Å²) < 4.78 is 47.2. The maximum absolute atomic E-state index is 13.9. The zero-order valence-electron chi connectivity index (χ0n) is 18.3. The highest BCUT2D eigenvalue weighted by molar-refractivity contribution is 7.89. The molecule has 0 spiro atoms. The van der Waals surface area contributed by atoms with Crippen molar-refractivity contribution in [2.45, 2.75) is 25.2 Å². The van der Waals surface area contributed by atoms with Crippen LogP contribution in [0, 0.1) is 11.7 Å². The summed E-state index contributed by atoms with van der Waals surface area (Å²) in [6.07, 6.45) is 0.717. The van der Waals surface area contributed by atoms with Crippen LogP contribution in [0.25, 0.3) is 0 Å². The summed E-state index contributed by atoms with van der Waals surface area (Å²) in [6, 6.07) is 13.4. The summed E-state index contributed by atoms with van der Waals surface area (Å²) in [4.78, 5) is 4.58. The van der Waals surface area contributed by atoms with Gasteiger partial charge in [0.2, 0.25) is 10.0 Å². The highest BCUT2D eigenvalue weighted by atomic mass is 32.2. The van der Waals surface area contributed by atoms with Gasteiger partial charge in [-0.15, -0.1) is 0 Å². The van der Waals surface area contributed by atoms with Gasteiger partial charge in [0.25, 0.3) is 0 Å². The van der Waals surface area contributed by atoms with Crippen LogP contribution in [0.2, 0.25) is 0 Å². The van der Waals surface area contributed by atoms with Gasteiger partial charge in [0, 0.05) is 32.7 Å². The molecule has 8 heteroatoms. The first-order chi connectivity index (χ1) is 14.8. The molecule has 0 bridgehead atoms. The third kappa shape index (κ3) is 6.92. The van der Waals surface area contributed by atoms with E-state index in [-0.39, 0.29) is 10.7 Å². The second-order valence-electron chi connectivity index (χ2n) is 8.21. The van der Waals surface area contributed by atoms with E-state index in [0.717, 1.165) is 32.7 Å². The molecule has 0 saturated carbocycles. The van der Waals surface area contributed by atoms with Crippen LogP contribution in [0.4, 0.5) is 10.1 Å². The second-order valence-corrected chi connectivity index (χ2v) is 9.97. The van der Waals surface area contributed by atoms with Gasteiger partial charge >= 0.3 is 0 Å². The van der Waals surface area contributed by atoms with Crippen LogP contribution < -0.4 is 14.4 Å².